The van der Waals surface area contributed by atoms with E-state index < -0.39 is 30.3 Å². The number of nitrogens with zero attached hydrogens (tertiary/aromatic N) is 1. The summed E-state index contributed by atoms with van der Waals surface area (Å²) in [4.78, 5) is 86.9. The second-order valence-electron chi connectivity index (χ2n) is 10.8. The molecule has 1 saturated heterocycles. The van der Waals surface area contributed by atoms with Crippen LogP contribution in [0.5, 0.6) is 0 Å². The minimum atomic E-state index is -0.973. The average molecular weight is 601 g/mol. The number of rotatable bonds is 18. The van der Waals surface area contributed by atoms with Gasteiger partial charge in [0, 0.05) is 38.3 Å². The van der Waals surface area contributed by atoms with Gasteiger partial charge in [-0.15, -0.1) is 0 Å². The summed E-state index contributed by atoms with van der Waals surface area (Å²) in [6.07, 6.45) is 2.39. The maximum atomic E-state index is 12.7. The van der Waals surface area contributed by atoms with Crippen molar-refractivity contribution >= 4 is 41.4 Å². The number of carbonyl (C=O) groups excluding carboxylic acids is 7. The Morgan fingerprint density at radius 2 is 1.44 bits per heavy atom. The summed E-state index contributed by atoms with van der Waals surface area (Å²) in [5, 5.41) is 12.6. The van der Waals surface area contributed by atoms with E-state index in [2.05, 4.69) is 26.6 Å². The van der Waals surface area contributed by atoms with Crippen LogP contribution in [0.4, 0.5) is 0 Å². The molecule has 1 aromatic carbocycles. The highest BCUT2D eigenvalue weighted by Crippen LogP contribution is 2.26. The van der Waals surface area contributed by atoms with Crippen LogP contribution in [-0.4, -0.2) is 85.0 Å². The van der Waals surface area contributed by atoms with Crippen molar-refractivity contribution in [3.63, 3.8) is 0 Å². The van der Waals surface area contributed by atoms with Crippen LogP contribution in [0.2, 0.25) is 0 Å². The highest BCUT2D eigenvalue weighted by atomic mass is 16.2. The first-order valence-electron chi connectivity index (χ1n) is 14.8. The van der Waals surface area contributed by atoms with Gasteiger partial charge in [-0.25, -0.2) is 0 Å². The summed E-state index contributed by atoms with van der Waals surface area (Å²) in [5.74, 6) is -2.82. The maximum absolute atomic E-state index is 12.7. The highest BCUT2D eigenvalue weighted by Gasteiger charge is 2.39. The fraction of sp³-hybridized carbons (Fsp3) is 0.567. The summed E-state index contributed by atoms with van der Waals surface area (Å²) in [5.41, 5.74) is 0.797. The van der Waals surface area contributed by atoms with Gasteiger partial charge in [0.05, 0.1) is 19.6 Å². The fourth-order valence-electron chi connectivity index (χ4n) is 4.56. The van der Waals surface area contributed by atoms with Gasteiger partial charge in [-0.2, -0.15) is 0 Å². The van der Waals surface area contributed by atoms with Crippen LogP contribution in [0, 0.1) is 11.8 Å². The first kappa shape index (κ1) is 34.9. The molecule has 0 aliphatic carbocycles. The number of unbranched alkanes of at least 4 members (excludes halogenated alkanes) is 2. The first-order chi connectivity index (χ1) is 20.5. The van der Waals surface area contributed by atoms with E-state index in [1.54, 1.807) is 31.2 Å². The van der Waals surface area contributed by atoms with Gasteiger partial charge < -0.3 is 26.6 Å². The largest absolute Gasteiger partial charge is 0.355 e. The van der Waals surface area contributed by atoms with Crippen molar-refractivity contribution in [2.75, 3.05) is 32.7 Å². The predicted octanol–water partition coefficient (Wildman–Crippen LogP) is -0.210. The Labute approximate surface area is 252 Å². The molecule has 0 spiro atoms. The standard InChI is InChI=1S/C30H44N6O7/c1-4-31-25(38)18-34-29(42)23(15-21-11-7-5-8-12-21)35-27(40)19-33-26(39)17-32-24(37)13-9-6-10-14-36-28(41)16-22(20(2)3)30(36)43/h5,7-8,11-12,20,22-23H,4,6,9-10,13-19H2,1-3H3,(H,31,38)(H,32,37)(H,33,39)(H,34,42)(H,35,40)/t22?,23-/m0/s1. The quantitative estimate of drug-likeness (QED) is 0.114. The molecular formula is C30H44N6O7. The molecule has 5 N–H and O–H groups in total. The van der Waals surface area contributed by atoms with Gasteiger partial charge in [-0.05, 0) is 31.2 Å². The van der Waals surface area contributed by atoms with E-state index in [0.717, 1.165) is 5.56 Å². The number of likely N-dealkylation sites (tertiary alicyclic amines) is 1. The highest BCUT2D eigenvalue weighted by molar-refractivity contribution is 6.03. The smallest absolute Gasteiger partial charge is 0.243 e. The third-order valence-corrected chi connectivity index (χ3v) is 6.99. The molecule has 0 aromatic heterocycles. The topological polar surface area (TPSA) is 183 Å². The number of amides is 7. The molecule has 236 valence electrons. The normalized spacial score (nSPS) is 15.2. The lowest BCUT2D eigenvalue weighted by molar-refractivity contribution is -0.140. The Bertz CT molecular complexity index is 1140. The van der Waals surface area contributed by atoms with Gasteiger partial charge >= 0.3 is 0 Å². The summed E-state index contributed by atoms with van der Waals surface area (Å²) < 4.78 is 0. The van der Waals surface area contributed by atoms with Crippen LogP contribution < -0.4 is 26.6 Å². The molecule has 13 heteroatoms. The summed E-state index contributed by atoms with van der Waals surface area (Å²) in [6, 6.07) is 8.06. The molecule has 0 saturated carbocycles. The number of carbonyl (C=O) groups is 7. The van der Waals surface area contributed by atoms with Gasteiger partial charge in [0.25, 0.3) is 0 Å². The van der Waals surface area contributed by atoms with Crippen molar-refractivity contribution in [3.8, 4) is 0 Å². The van der Waals surface area contributed by atoms with E-state index in [1.165, 1.54) is 4.90 Å². The molecule has 1 heterocycles. The maximum Gasteiger partial charge on any atom is 0.243 e. The van der Waals surface area contributed by atoms with Crippen LogP contribution in [-0.2, 0) is 40.0 Å². The number of imide groups is 1. The third kappa shape index (κ3) is 12.6. The minimum absolute atomic E-state index is 0.117. The van der Waals surface area contributed by atoms with E-state index in [1.807, 2.05) is 19.9 Å². The van der Waals surface area contributed by atoms with Gasteiger partial charge in [-0.1, -0.05) is 50.6 Å². The van der Waals surface area contributed by atoms with Crippen molar-refractivity contribution < 1.29 is 33.6 Å². The molecule has 1 aliphatic rings. The van der Waals surface area contributed by atoms with Crippen LogP contribution in [0.15, 0.2) is 30.3 Å². The number of hydrogen-bond acceptors (Lipinski definition) is 7. The lowest BCUT2D eigenvalue weighted by Crippen LogP contribution is -2.52. The van der Waals surface area contributed by atoms with Crippen molar-refractivity contribution in [1.29, 1.82) is 0 Å². The van der Waals surface area contributed by atoms with Crippen molar-refractivity contribution in [2.45, 2.75) is 65.3 Å². The molecule has 1 fully saturated rings. The zero-order chi connectivity index (χ0) is 31.8. The second-order valence-corrected chi connectivity index (χ2v) is 10.8. The molecule has 1 aromatic rings. The van der Waals surface area contributed by atoms with Crippen LogP contribution in [0.1, 0.15) is 58.4 Å². The van der Waals surface area contributed by atoms with Gasteiger partial charge in [-0.3, -0.25) is 38.5 Å². The van der Waals surface area contributed by atoms with Crippen LogP contribution >= 0.6 is 0 Å². The first-order valence-corrected chi connectivity index (χ1v) is 14.8. The number of benzene rings is 1. The lowest BCUT2D eigenvalue weighted by Gasteiger charge is -2.19. The summed E-state index contributed by atoms with van der Waals surface area (Å²) in [7, 11) is 0. The van der Waals surface area contributed by atoms with Crippen molar-refractivity contribution in [1.82, 2.24) is 31.5 Å². The molecule has 43 heavy (non-hydrogen) atoms. The van der Waals surface area contributed by atoms with E-state index in [4.69, 9.17) is 0 Å². The number of hydrogen-bond donors (Lipinski definition) is 5. The Morgan fingerprint density at radius 1 is 0.814 bits per heavy atom. The average Bonchev–Trinajstić information content (AvgIpc) is 3.26. The van der Waals surface area contributed by atoms with Crippen molar-refractivity contribution in [2.24, 2.45) is 11.8 Å². The Hall–Kier alpha value is -4.29. The monoisotopic (exact) mass is 600 g/mol. The molecular weight excluding hydrogens is 556 g/mol. The Morgan fingerprint density at radius 3 is 2.09 bits per heavy atom. The molecule has 0 bridgehead atoms. The Kier molecular flexibility index (Phi) is 14.8. The molecule has 0 radical (unpaired) electrons. The second kappa shape index (κ2) is 18.3. The molecule has 7 amide bonds. The SMILES string of the molecule is CCNC(=O)CNC(=O)[C@H](Cc1ccccc1)NC(=O)CNC(=O)CNC(=O)CCCCCN1C(=O)CC(C(C)C)C1=O. The van der Waals surface area contributed by atoms with E-state index >= 15 is 0 Å². The van der Waals surface area contributed by atoms with E-state index in [0.29, 0.717) is 32.4 Å². The van der Waals surface area contributed by atoms with Gasteiger partial charge in [0.1, 0.15) is 6.04 Å². The van der Waals surface area contributed by atoms with Gasteiger partial charge in [0.2, 0.25) is 41.4 Å². The molecule has 13 nitrogen and oxygen atoms in total. The predicted molar refractivity (Wildman–Crippen MR) is 158 cm³/mol. The zero-order valence-electron chi connectivity index (χ0n) is 25.2. The minimum Gasteiger partial charge on any atom is -0.355 e. The van der Waals surface area contributed by atoms with Crippen molar-refractivity contribution in [3.05, 3.63) is 35.9 Å². The third-order valence-electron chi connectivity index (χ3n) is 6.99. The molecule has 2 rings (SSSR count). The fourth-order valence-corrected chi connectivity index (χ4v) is 4.56. The van der Waals surface area contributed by atoms with Gasteiger partial charge in [0.15, 0.2) is 0 Å². The lowest BCUT2D eigenvalue weighted by atomic mass is 9.94. The van der Waals surface area contributed by atoms with E-state index in [-0.39, 0.29) is 67.8 Å². The summed E-state index contributed by atoms with van der Waals surface area (Å²) in [6.45, 7) is 5.41. The molecule has 1 unspecified atom stereocenters. The van der Waals surface area contributed by atoms with Crippen LogP contribution in [0.3, 0.4) is 0 Å². The summed E-state index contributed by atoms with van der Waals surface area (Å²) >= 11 is 0. The van der Waals surface area contributed by atoms with Crippen LogP contribution in [0.25, 0.3) is 0 Å². The number of nitrogens with one attached hydrogen (secondary N) is 5. The Balaban J connectivity index is 1.68. The zero-order valence-corrected chi connectivity index (χ0v) is 25.2. The molecule has 1 aliphatic heterocycles. The molecule has 2 atom stereocenters. The number of likely N-dealkylation sites (N-methyl/N-ethyl adjacent to an activating group) is 1. The van der Waals surface area contributed by atoms with E-state index in [9.17, 15) is 33.6 Å².